The Morgan fingerprint density at radius 1 is 1.04 bits per heavy atom. The van der Waals surface area contributed by atoms with Crippen LogP contribution in [0.15, 0.2) is 48.5 Å². The summed E-state index contributed by atoms with van der Waals surface area (Å²) in [4.78, 5) is 8.48. The number of fused-ring (bicyclic) bond motifs is 1. The summed E-state index contributed by atoms with van der Waals surface area (Å²) in [5.74, 6) is 0.266. The van der Waals surface area contributed by atoms with Gasteiger partial charge < -0.3 is 4.74 Å². The monoisotopic (exact) mass is 329 g/mol. The maximum atomic E-state index is 12.9. The highest BCUT2D eigenvalue weighted by Crippen LogP contribution is 2.32. The van der Waals surface area contributed by atoms with Crippen LogP contribution in [-0.2, 0) is 6.18 Å². The molecule has 4 nitrogen and oxygen atoms in total. The second kappa shape index (κ2) is 6.16. The van der Waals surface area contributed by atoms with Crippen molar-refractivity contribution in [3.8, 4) is 23.3 Å². The van der Waals surface area contributed by atoms with E-state index < -0.39 is 11.7 Å². The van der Waals surface area contributed by atoms with E-state index in [1.54, 1.807) is 24.3 Å². The molecule has 0 aliphatic carbocycles. The Morgan fingerprint density at radius 2 is 1.83 bits per heavy atom. The lowest BCUT2D eigenvalue weighted by Crippen LogP contribution is -2.05. The lowest BCUT2D eigenvalue weighted by molar-refractivity contribution is -0.137. The first-order valence-electron chi connectivity index (χ1n) is 6.93. The minimum atomic E-state index is -4.45. The molecule has 24 heavy (non-hydrogen) atoms. The second-order valence-corrected chi connectivity index (χ2v) is 4.89. The first-order valence-corrected chi connectivity index (χ1v) is 6.93. The van der Waals surface area contributed by atoms with Gasteiger partial charge in [0.1, 0.15) is 6.07 Å². The molecular weight excluding hydrogens is 319 g/mol. The Kier molecular flexibility index (Phi) is 4.04. The van der Waals surface area contributed by atoms with Gasteiger partial charge in [-0.05, 0) is 24.3 Å². The molecule has 1 aromatic heterocycles. The number of nitrogens with zero attached hydrogens (tertiary/aromatic N) is 3. The van der Waals surface area contributed by atoms with Crippen LogP contribution in [0.25, 0.3) is 22.3 Å². The van der Waals surface area contributed by atoms with Crippen molar-refractivity contribution in [1.29, 1.82) is 5.26 Å². The topological polar surface area (TPSA) is 58.8 Å². The zero-order valence-electron chi connectivity index (χ0n) is 12.2. The minimum Gasteiger partial charge on any atom is -0.462 e. The predicted octanol–water partition coefficient (Wildman–Crippen LogP) is 4.22. The Morgan fingerprint density at radius 3 is 2.58 bits per heavy atom. The highest BCUT2D eigenvalue weighted by atomic mass is 19.4. The fourth-order valence-corrected chi connectivity index (χ4v) is 2.22. The van der Waals surface area contributed by atoms with Gasteiger partial charge in [0.2, 0.25) is 5.88 Å². The number of hydrogen-bond donors (Lipinski definition) is 0. The summed E-state index contributed by atoms with van der Waals surface area (Å²) in [5.41, 5.74) is -0.0403. The number of alkyl halides is 3. The number of halogens is 3. The molecule has 0 aliphatic rings. The molecule has 2 aromatic carbocycles. The van der Waals surface area contributed by atoms with Gasteiger partial charge in [-0.3, -0.25) is 0 Å². The first-order chi connectivity index (χ1) is 11.5. The van der Waals surface area contributed by atoms with Crippen molar-refractivity contribution in [3.63, 3.8) is 0 Å². The Hall–Kier alpha value is -3.14. The summed E-state index contributed by atoms with van der Waals surface area (Å²) in [5, 5.41) is 9.26. The summed E-state index contributed by atoms with van der Waals surface area (Å²) in [6.45, 7) is -0.219. The van der Waals surface area contributed by atoms with Crippen LogP contribution >= 0.6 is 0 Å². The quantitative estimate of drug-likeness (QED) is 0.722. The third kappa shape index (κ3) is 3.13. The zero-order valence-corrected chi connectivity index (χ0v) is 12.2. The predicted molar refractivity (Wildman–Crippen MR) is 81.1 cm³/mol. The average molecular weight is 329 g/mol. The maximum Gasteiger partial charge on any atom is 0.416 e. The van der Waals surface area contributed by atoms with E-state index in [1.807, 2.05) is 6.07 Å². The molecule has 3 aromatic rings. The zero-order chi connectivity index (χ0) is 17.2. The van der Waals surface area contributed by atoms with Crippen LogP contribution < -0.4 is 4.74 Å². The van der Waals surface area contributed by atoms with Crippen molar-refractivity contribution in [2.75, 3.05) is 6.61 Å². The molecule has 1 heterocycles. The van der Waals surface area contributed by atoms with Gasteiger partial charge in [-0.1, -0.05) is 24.3 Å². The number of benzene rings is 2. The van der Waals surface area contributed by atoms with E-state index in [9.17, 15) is 13.2 Å². The van der Waals surface area contributed by atoms with Gasteiger partial charge in [-0.15, -0.1) is 0 Å². The summed E-state index contributed by atoms with van der Waals surface area (Å²) in [6, 6.07) is 13.5. The maximum absolute atomic E-state index is 12.9. The second-order valence-electron chi connectivity index (χ2n) is 4.89. The van der Waals surface area contributed by atoms with E-state index in [4.69, 9.17) is 10.00 Å². The summed E-state index contributed by atoms with van der Waals surface area (Å²) in [7, 11) is 0. The number of nitriles is 1. The van der Waals surface area contributed by atoms with E-state index >= 15 is 0 Å². The van der Waals surface area contributed by atoms with Gasteiger partial charge in [0.05, 0.1) is 16.5 Å². The molecule has 0 saturated carbocycles. The van der Waals surface area contributed by atoms with Crippen molar-refractivity contribution < 1.29 is 17.9 Å². The average Bonchev–Trinajstić information content (AvgIpc) is 2.59. The standard InChI is InChI=1S/C17H10F3N3O/c18-17(19,20)12-5-3-4-11(10-12)15-22-14-7-2-1-6-13(14)16(23-15)24-9-8-21/h1-7,10H,9H2. The van der Waals surface area contributed by atoms with Crippen molar-refractivity contribution in [2.45, 2.75) is 6.18 Å². The van der Waals surface area contributed by atoms with Crippen molar-refractivity contribution in [2.24, 2.45) is 0 Å². The van der Waals surface area contributed by atoms with Gasteiger partial charge in [0.25, 0.3) is 0 Å². The molecule has 0 N–H and O–H groups in total. The third-order valence-corrected chi connectivity index (χ3v) is 3.29. The summed E-state index contributed by atoms with van der Waals surface area (Å²) in [6.07, 6.45) is -4.45. The van der Waals surface area contributed by atoms with Crippen LogP contribution in [0.4, 0.5) is 13.2 Å². The number of para-hydroxylation sites is 1. The number of ether oxygens (including phenoxy) is 1. The molecule has 3 rings (SSSR count). The van der Waals surface area contributed by atoms with Gasteiger partial charge in [0.15, 0.2) is 12.4 Å². The Balaban J connectivity index is 2.15. The van der Waals surface area contributed by atoms with E-state index in [1.165, 1.54) is 12.1 Å². The molecule has 0 amide bonds. The SMILES string of the molecule is N#CCOc1nc(-c2cccc(C(F)(F)F)c2)nc2ccccc12. The molecule has 0 saturated heterocycles. The molecule has 0 unspecified atom stereocenters. The Labute approximate surface area is 135 Å². The Bertz CT molecular complexity index is 932. The molecule has 7 heteroatoms. The third-order valence-electron chi connectivity index (χ3n) is 3.29. The highest BCUT2D eigenvalue weighted by Gasteiger charge is 2.30. The lowest BCUT2D eigenvalue weighted by atomic mass is 10.1. The highest BCUT2D eigenvalue weighted by molar-refractivity contribution is 5.85. The van der Waals surface area contributed by atoms with Crippen LogP contribution in [0, 0.1) is 11.3 Å². The van der Waals surface area contributed by atoms with E-state index in [2.05, 4.69) is 9.97 Å². The summed E-state index contributed by atoms with van der Waals surface area (Å²) >= 11 is 0. The van der Waals surface area contributed by atoms with Gasteiger partial charge in [-0.25, -0.2) is 4.98 Å². The molecule has 0 spiro atoms. The number of hydrogen-bond acceptors (Lipinski definition) is 4. The van der Waals surface area contributed by atoms with Crippen molar-refractivity contribution in [3.05, 3.63) is 54.1 Å². The molecular formula is C17H10F3N3O. The van der Waals surface area contributed by atoms with Gasteiger partial charge in [0, 0.05) is 5.56 Å². The molecule has 0 fully saturated rings. The van der Waals surface area contributed by atoms with Crippen molar-refractivity contribution >= 4 is 10.9 Å². The van der Waals surface area contributed by atoms with Gasteiger partial charge in [-0.2, -0.15) is 23.4 Å². The van der Waals surface area contributed by atoms with E-state index in [0.717, 1.165) is 12.1 Å². The van der Waals surface area contributed by atoms with Crippen LogP contribution in [0.2, 0.25) is 0 Å². The fourth-order valence-electron chi connectivity index (χ4n) is 2.22. The van der Waals surface area contributed by atoms with Crippen LogP contribution in [0.3, 0.4) is 0 Å². The van der Waals surface area contributed by atoms with Gasteiger partial charge >= 0.3 is 6.18 Å². The van der Waals surface area contributed by atoms with Crippen LogP contribution in [0.5, 0.6) is 5.88 Å². The molecule has 120 valence electrons. The van der Waals surface area contributed by atoms with E-state index in [-0.39, 0.29) is 23.9 Å². The number of aromatic nitrogens is 2. The smallest absolute Gasteiger partial charge is 0.416 e. The summed E-state index contributed by atoms with van der Waals surface area (Å²) < 4.78 is 43.9. The van der Waals surface area contributed by atoms with E-state index in [0.29, 0.717) is 10.9 Å². The van der Waals surface area contributed by atoms with Crippen LogP contribution in [-0.4, -0.2) is 16.6 Å². The molecule has 0 aliphatic heterocycles. The van der Waals surface area contributed by atoms with Crippen molar-refractivity contribution in [1.82, 2.24) is 9.97 Å². The molecule has 0 bridgehead atoms. The number of rotatable bonds is 3. The lowest BCUT2D eigenvalue weighted by Gasteiger charge is -2.10. The van der Waals surface area contributed by atoms with Crippen LogP contribution in [0.1, 0.15) is 5.56 Å². The molecule has 0 radical (unpaired) electrons. The largest absolute Gasteiger partial charge is 0.462 e. The normalized spacial score (nSPS) is 11.2. The molecule has 0 atom stereocenters. The fraction of sp³-hybridized carbons (Fsp3) is 0.118. The minimum absolute atomic E-state index is 0.104. The first kappa shape index (κ1) is 15.7.